The fraction of sp³-hybridized carbons (Fsp3) is 0.824. The molecular formula is C17H29N5O2. The number of likely N-dealkylation sites (tertiary alicyclic amines) is 1. The Balaban J connectivity index is 1.58. The summed E-state index contributed by atoms with van der Waals surface area (Å²) in [5.74, 6) is 1.71. The van der Waals surface area contributed by atoms with Gasteiger partial charge in [0.15, 0.2) is 5.96 Å². The van der Waals surface area contributed by atoms with Gasteiger partial charge < -0.3 is 15.5 Å². The van der Waals surface area contributed by atoms with Crippen molar-refractivity contribution in [3.8, 4) is 0 Å². The summed E-state index contributed by atoms with van der Waals surface area (Å²) >= 11 is 0. The minimum Gasteiger partial charge on any atom is -0.357 e. The predicted octanol–water partition coefficient (Wildman–Crippen LogP) is 1.06. The molecule has 7 heteroatoms. The van der Waals surface area contributed by atoms with Crippen LogP contribution in [0.5, 0.6) is 0 Å². The second kappa shape index (κ2) is 6.99. The van der Waals surface area contributed by atoms with Crippen molar-refractivity contribution in [1.82, 2.24) is 20.9 Å². The van der Waals surface area contributed by atoms with Crippen molar-refractivity contribution in [2.24, 2.45) is 16.8 Å². The van der Waals surface area contributed by atoms with E-state index in [1.54, 1.807) is 0 Å². The summed E-state index contributed by atoms with van der Waals surface area (Å²) in [7, 11) is 0. The molecule has 0 aromatic rings. The number of carbonyl (C=O) groups excluding carboxylic acids is 2. The maximum Gasteiger partial charge on any atom is 0.322 e. The lowest BCUT2D eigenvalue weighted by Gasteiger charge is -2.40. The molecule has 3 amide bonds. The van der Waals surface area contributed by atoms with Crippen LogP contribution < -0.4 is 16.0 Å². The maximum atomic E-state index is 12.1. The van der Waals surface area contributed by atoms with Crippen molar-refractivity contribution < 1.29 is 9.59 Å². The van der Waals surface area contributed by atoms with Crippen molar-refractivity contribution in [3.63, 3.8) is 0 Å². The van der Waals surface area contributed by atoms with Crippen molar-refractivity contribution in [3.05, 3.63) is 0 Å². The van der Waals surface area contributed by atoms with Crippen molar-refractivity contribution >= 4 is 17.9 Å². The minimum absolute atomic E-state index is 0.162. The smallest absolute Gasteiger partial charge is 0.322 e. The van der Waals surface area contributed by atoms with Crippen molar-refractivity contribution in [2.45, 2.75) is 51.5 Å². The number of aliphatic imine (C=N–C) groups is 1. The van der Waals surface area contributed by atoms with E-state index in [4.69, 9.17) is 4.99 Å². The Hall–Kier alpha value is -1.79. The summed E-state index contributed by atoms with van der Waals surface area (Å²) in [6.07, 6.45) is 5.70. The number of imide groups is 1. The first-order chi connectivity index (χ1) is 11.5. The average molecular weight is 335 g/mol. The zero-order valence-electron chi connectivity index (χ0n) is 14.7. The first kappa shape index (κ1) is 17.0. The number of hydrogen-bond acceptors (Lipinski definition) is 3. The SMILES string of the molecule is CCNC(=NCC1CCC1)N1CCC(C2(C)NC(=O)NC2=O)CC1. The number of carbonyl (C=O) groups is 2. The molecular weight excluding hydrogens is 306 g/mol. The van der Waals surface area contributed by atoms with Gasteiger partial charge in [0.2, 0.25) is 0 Å². The normalized spacial score (nSPS) is 29.2. The molecule has 24 heavy (non-hydrogen) atoms. The fourth-order valence-corrected chi connectivity index (χ4v) is 3.83. The van der Waals surface area contributed by atoms with E-state index in [0.717, 1.165) is 50.9 Å². The quantitative estimate of drug-likeness (QED) is 0.407. The number of nitrogens with one attached hydrogen (secondary N) is 3. The molecule has 3 rings (SSSR count). The van der Waals surface area contributed by atoms with Crippen LogP contribution in [0.2, 0.25) is 0 Å². The van der Waals surface area contributed by atoms with Gasteiger partial charge in [-0.25, -0.2) is 4.79 Å². The molecule has 134 valence electrons. The van der Waals surface area contributed by atoms with Gasteiger partial charge in [-0.15, -0.1) is 0 Å². The Morgan fingerprint density at radius 2 is 2.00 bits per heavy atom. The van der Waals surface area contributed by atoms with Crippen LogP contribution in [0.1, 0.15) is 46.0 Å². The third-order valence-corrected chi connectivity index (χ3v) is 5.74. The highest BCUT2D eigenvalue weighted by atomic mass is 16.2. The molecule has 0 aromatic carbocycles. The lowest BCUT2D eigenvalue weighted by Crippen LogP contribution is -2.55. The number of nitrogens with zero attached hydrogens (tertiary/aromatic N) is 2. The molecule has 3 N–H and O–H groups in total. The van der Waals surface area contributed by atoms with E-state index in [9.17, 15) is 9.59 Å². The number of urea groups is 1. The molecule has 2 aliphatic heterocycles. The van der Waals surface area contributed by atoms with E-state index in [1.165, 1.54) is 19.3 Å². The van der Waals surface area contributed by atoms with Crippen LogP contribution in [0.15, 0.2) is 4.99 Å². The third-order valence-electron chi connectivity index (χ3n) is 5.74. The summed E-state index contributed by atoms with van der Waals surface area (Å²) in [5.41, 5.74) is -0.773. The molecule has 1 saturated carbocycles. The molecule has 0 aromatic heterocycles. The zero-order chi connectivity index (χ0) is 17.2. The van der Waals surface area contributed by atoms with E-state index < -0.39 is 5.54 Å². The van der Waals surface area contributed by atoms with E-state index in [0.29, 0.717) is 0 Å². The number of piperidine rings is 1. The van der Waals surface area contributed by atoms with E-state index in [1.807, 2.05) is 6.92 Å². The average Bonchev–Trinajstić information content (AvgIpc) is 2.78. The highest BCUT2D eigenvalue weighted by molar-refractivity contribution is 6.07. The lowest BCUT2D eigenvalue weighted by molar-refractivity contribution is -0.125. The summed E-state index contributed by atoms with van der Waals surface area (Å²) < 4.78 is 0. The van der Waals surface area contributed by atoms with Crippen LogP contribution in [0.4, 0.5) is 4.79 Å². The van der Waals surface area contributed by atoms with Gasteiger partial charge in [0.05, 0.1) is 0 Å². The molecule has 2 heterocycles. The Bertz CT molecular complexity index is 523. The third kappa shape index (κ3) is 3.35. The Labute approximate surface area is 143 Å². The minimum atomic E-state index is -0.773. The van der Waals surface area contributed by atoms with Crippen LogP contribution in [0.25, 0.3) is 0 Å². The molecule has 0 bridgehead atoms. The van der Waals surface area contributed by atoms with Crippen LogP contribution in [0.3, 0.4) is 0 Å². The first-order valence-electron chi connectivity index (χ1n) is 9.19. The molecule has 1 atom stereocenters. The van der Waals surface area contributed by atoms with Crippen LogP contribution >= 0.6 is 0 Å². The van der Waals surface area contributed by atoms with Gasteiger partial charge in [0.25, 0.3) is 5.91 Å². The molecule has 3 aliphatic rings. The van der Waals surface area contributed by atoms with E-state index in [-0.39, 0.29) is 17.9 Å². The first-order valence-corrected chi connectivity index (χ1v) is 9.19. The summed E-state index contributed by atoms with van der Waals surface area (Å²) in [5, 5.41) is 8.57. The second-order valence-electron chi connectivity index (χ2n) is 7.36. The maximum absolute atomic E-state index is 12.1. The molecule has 1 unspecified atom stereocenters. The fourth-order valence-electron chi connectivity index (χ4n) is 3.83. The molecule has 1 aliphatic carbocycles. The summed E-state index contributed by atoms with van der Waals surface area (Å²) in [6.45, 7) is 7.42. The van der Waals surface area contributed by atoms with Gasteiger partial charge >= 0.3 is 6.03 Å². The standard InChI is InChI=1S/C17H29N5O2/c1-3-18-15(19-11-12-5-4-6-12)22-9-7-13(8-10-22)17(2)14(23)20-16(24)21-17/h12-13H,3-11H2,1-2H3,(H,18,19)(H2,20,21,23,24). The Morgan fingerprint density at radius 1 is 1.29 bits per heavy atom. The van der Waals surface area contributed by atoms with E-state index >= 15 is 0 Å². The van der Waals surface area contributed by atoms with Gasteiger partial charge in [-0.2, -0.15) is 0 Å². The molecule has 2 saturated heterocycles. The van der Waals surface area contributed by atoms with Gasteiger partial charge in [-0.1, -0.05) is 6.42 Å². The molecule has 3 fully saturated rings. The molecule has 0 spiro atoms. The summed E-state index contributed by atoms with van der Waals surface area (Å²) in [4.78, 5) is 30.7. The number of amides is 3. The van der Waals surface area contributed by atoms with Gasteiger partial charge in [-0.05, 0) is 51.4 Å². The molecule has 7 nitrogen and oxygen atoms in total. The zero-order valence-corrected chi connectivity index (χ0v) is 14.7. The number of hydrogen-bond donors (Lipinski definition) is 3. The van der Waals surface area contributed by atoms with Gasteiger partial charge in [0, 0.05) is 26.2 Å². The Morgan fingerprint density at radius 3 is 2.50 bits per heavy atom. The number of rotatable bonds is 4. The van der Waals surface area contributed by atoms with Crippen LogP contribution in [0, 0.1) is 11.8 Å². The van der Waals surface area contributed by atoms with Crippen LogP contribution in [-0.4, -0.2) is 54.5 Å². The largest absolute Gasteiger partial charge is 0.357 e. The number of guanidine groups is 1. The monoisotopic (exact) mass is 335 g/mol. The van der Waals surface area contributed by atoms with Crippen molar-refractivity contribution in [2.75, 3.05) is 26.2 Å². The second-order valence-corrected chi connectivity index (χ2v) is 7.36. The Kier molecular flexibility index (Phi) is 4.96. The van der Waals surface area contributed by atoms with Crippen LogP contribution in [-0.2, 0) is 4.79 Å². The lowest BCUT2D eigenvalue weighted by atomic mass is 9.79. The predicted molar refractivity (Wildman–Crippen MR) is 92.7 cm³/mol. The summed E-state index contributed by atoms with van der Waals surface area (Å²) in [6, 6.07) is -0.375. The highest BCUT2D eigenvalue weighted by Crippen LogP contribution is 2.31. The highest BCUT2D eigenvalue weighted by Gasteiger charge is 2.48. The van der Waals surface area contributed by atoms with E-state index in [2.05, 4.69) is 27.8 Å². The van der Waals surface area contributed by atoms with Crippen molar-refractivity contribution in [1.29, 1.82) is 0 Å². The topological polar surface area (TPSA) is 85.8 Å². The van der Waals surface area contributed by atoms with Gasteiger partial charge in [-0.3, -0.25) is 15.1 Å². The van der Waals surface area contributed by atoms with Gasteiger partial charge in [0.1, 0.15) is 5.54 Å². The molecule has 0 radical (unpaired) electrons.